The van der Waals surface area contributed by atoms with Gasteiger partial charge in [0.25, 0.3) is 0 Å². The van der Waals surface area contributed by atoms with Crippen LogP contribution in [0.15, 0.2) is 35.5 Å². The van der Waals surface area contributed by atoms with Crippen LogP contribution in [-0.4, -0.2) is 21.1 Å². The van der Waals surface area contributed by atoms with Crippen LogP contribution in [0.5, 0.6) is 0 Å². The Bertz CT molecular complexity index is 1130. The van der Waals surface area contributed by atoms with E-state index in [9.17, 15) is 10.1 Å². The molecular formula is C20H18N6OS2. The molecule has 1 aromatic carbocycles. The first kappa shape index (κ1) is 19.2. The molecule has 4 rings (SSSR count). The number of nitriles is 1. The Morgan fingerprint density at radius 1 is 1.28 bits per heavy atom. The molecule has 5 N–H and O–H groups in total. The second-order valence-electron chi connectivity index (χ2n) is 6.63. The number of benzene rings is 1. The number of hydrogen-bond acceptors (Lipinski definition) is 8. The van der Waals surface area contributed by atoms with Crippen LogP contribution in [0.1, 0.15) is 23.6 Å². The van der Waals surface area contributed by atoms with Crippen LogP contribution in [0.25, 0.3) is 10.4 Å². The highest BCUT2D eigenvalue weighted by atomic mass is 32.2. The fraction of sp³-hybridized carbons (Fsp3) is 0.200. The van der Waals surface area contributed by atoms with Gasteiger partial charge in [0.2, 0.25) is 5.91 Å². The van der Waals surface area contributed by atoms with Crippen molar-refractivity contribution in [2.24, 2.45) is 0 Å². The van der Waals surface area contributed by atoms with Gasteiger partial charge in [-0.15, -0.1) is 11.3 Å². The molecule has 7 nitrogen and oxygen atoms in total. The van der Waals surface area contributed by atoms with E-state index in [2.05, 4.69) is 33.5 Å². The summed E-state index contributed by atoms with van der Waals surface area (Å²) < 4.78 is 0. The summed E-state index contributed by atoms with van der Waals surface area (Å²) in [5.74, 6) is 0.274. The molecule has 1 amide bonds. The van der Waals surface area contributed by atoms with Crippen molar-refractivity contribution in [1.29, 1.82) is 5.26 Å². The molecule has 2 aromatic heterocycles. The molecule has 29 heavy (non-hydrogen) atoms. The van der Waals surface area contributed by atoms with Gasteiger partial charge in [-0.25, -0.2) is 9.97 Å². The number of thiophene rings is 1. The standard InChI is InChI=1S/C20H18N6OS2/c1-10(28-20-24-15(22)8-16(23)25-20)18(27)26-19-14(9-21)13-7-6-11-4-2-3-5-12(11)17(13)29-19/h2-5,8,10H,6-7H2,1H3,(H,26,27)(H4,22,23,24,25). The summed E-state index contributed by atoms with van der Waals surface area (Å²) in [5.41, 5.74) is 15.3. The molecule has 0 radical (unpaired) electrons. The number of hydrogen-bond donors (Lipinski definition) is 3. The third-order valence-electron chi connectivity index (χ3n) is 4.66. The van der Waals surface area contributed by atoms with Crippen molar-refractivity contribution in [3.8, 4) is 16.5 Å². The number of nitrogen functional groups attached to an aromatic ring is 2. The van der Waals surface area contributed by atoms with Gasteiger partial charge in [-0.05, 0) is 36.5 Å². The number of carbonyl (C=O) groups is 1. The van der Waals surface area contributed by atoms with E-state index in [4.69, 9.17) is 11.5 Å². The second-order valence-corrected chi connectivity index (χ2v) is 8.96. The Hall–Kier alpha value is -3.09. The molecule has 0 bridgehead atoms. The van der Waals surface area contributed by atoms with E-state index in [0.717, 1.165) is 40.6 Å². The molecule has 146 valence electrons. The number of carbonyl (C=O) groups excluding carboxylic acids is 1. The molecule has 0 spiro atoms. The Kier molecular flexibility index (Phi) is 5.13. The fourth-order valence-corrected chi connectivity index (χ4v) is 5.35. The van der Waals surface area contributed by atoms with Crippen molar-refractivity contribution in [1.82, 2.24) is 9.97 Å². The molecule has 0 saturated carbocycles. The van der Waals surface area contributed by atoms with Gasteiger partial charge in [0.1, 0.15) is 22.7 Å². The van der Waals surface area contributed by atoms with E-state index < -0.39 is 5.25 Å². The number of nitrogens with zero attached hydrogens (tertiary/aromatic N) is 3. The van der Waals surface area contributed by atoms with Gasteiger partial charge < -0.3 is 16.8 Å². The van der Waals surface area contributed by atoms with Crippen molar-refractivity contribution in [3.05, 3.63) is 47.0 Å². The quantitative estimate of drug-likeness (QED) is 0.433. The minimum atomic E-state index is -0.492. The van der Waals surface area contributed by atoms with E-state index in [0.29, 0.717) is 15.7 Å². The summed E-state index contributed by atoms with van der Waals surface area (Å²) in [7, 11) is 0. The van der Waals surface area contributed by atoms with Crippen molar-refractivity contribution < 1.29 is 4.79 Å². The van der Waals surface area contributed by atoms with Gasteiger partial charge >= 0.3 is 0 Å². The number of rotatable bonds is 4. The highest BCUT2D eigenvalue weighted by Crippen LogP contribution is 2.44. The molecule has 1 aliphatic carbocycles. The van der Waals surface area contributed by atoms with Crippen molar-refractivity contribution in [2.45, 2.75) is 30.2 Å². The van der Waals surface area contributed by atoms with Crippen LogP contribution in [0, 0.1) is 11.3 Å². The molecular weight excluding hydrogens is 404 g/mol. The summed E-state index contributed by atoms with van der Waals surface area (Å²) in [5, 5.41) is 13.1. The van der Waals surface area contributed by atoms with E-state index in [-0.39, 0.29) is 17.5 Å². The number of fused-ring (bicyclic) bond motifs is 3. The molecule has 3 aromatic rings. The molecule has 1 unspecified atom stereocenters. The first-order chi connectivity index (χ1) is 14.0. The normalized spacial score (nSPS) is 13.1. The summed E-state index contributed by atoms with van der Waals surface area (Å²) in [6.45, 7) is 1.75. The third-order valence-corrected chi connectivity index (χ3v) is 6.80. The summed E-state index contributed by atoms with van der Waals surface area (Å²) in [6, 6.07) is 11.9. The van der Waals surface area contributed by atoms with E-state index in [1.807, 2.05) is 12.1 Å². The first-order valence-corrected chi connectivity index (χ1v) is 10.7. The number of aryl methyl sites for hydroxylation is 1. The predicted octanol–water partition coefficient (Wildman–Crippen LogP) is 3.46. The molecule has 0 saturated heterocycles. The third kappa shape index (κ3) is 3.77. The van der Waals surface area contributed by atoms with Gasteiger partial charge in [0, 0.05) is 10.9 Å². The van der Waals surface area contributed by atoms with Gasteiger partial charge in [-0.2, -0.15) is 5.26 Å². The average molecular weight is 423 g/mol. The lowest BCUT2D eigenvalue weighted by Crippen LogP contribution is -2.22. The van der Waals surface area contributed by atoms with Crippen LogP contribution in [-0.2, 0) is 17.6 Å². The molecule has 0 aliphatic heterocycles. The van der Waals surface area contributed by atoms with Crippen LogP contribution in [0.2, 0.25) is 0 Å². The first-order valence-electron chi connectivity index (χ1n) is 8.98. The SMILES string of the molecule is CC(Sc1nc(N)cc(N)n1)C(=O)Nc1sc2c(c1C#N)CCc1ccccc1-2. The smallest absolute Gasteiger partial charge is 0.238 e. The van der Waals surface area contributed by atoms with Crippen LogP contribution >= 0.6 is 23.1 Å². The largest absolute Gasteiger partial charge is 0.383 e. The fourth-order valence-electron chi connectivity index (χ4n) is 3.29. The molecule has 1 aliphatic rings. The van der Waals surface area contributed by atoms with Crippen LogP contribution < -0.4 is 16.8 Å². The predicted molar refractivity (Wildman–Crippen MR) is 117 cm³/mol. The Morgan fingerprint density at radius 3 is 2.72 bits per heavy atom. The van der Waals surface area contributed by atoms with E-state index in [1.165, 1.54) is 23.0 Å². The lowest BCUT2D eigenvalue weighted by molar-refractivity contribution is -0.115. The van der Waals surface area contributed by atoms with Crippen molar-refractivity contribution in [3.63, 3.8) is 0 Å². The van der Waals surface area contributed by atoms with Gasteiger partial charge in [-0.3, -0.25) is 4.79 Å². The number of nitrogens with two attached hydrogens (primary N) is 2. The summed E-state index contributed by atoms with van der Waals surface area (Å²) in [6.07, 6.45) is 1.69. The van der Waals surface area contributed by atoms with Gasteiger partial charge in [0.15, 0.2) is 5.16 Å². The van der Waals surface area contributed by atoms with Gasteiger partial charge in [-0.1, -0.05) is 36.0 Å². The maximum Gasteiger partial charge on any atom is 0.238 e. The monoisotopic (exact) mass is 422 g/mol. The Balaban J connectivity index is 1.58. The topological polar surface area (TPSA) is 131 Å². The molecule has 9 heteroatoms. The van der Waals surface area contributed by atoms with Gasteiger partial charge in [0.05, 0.1) is 10.8 Å². The molecule has 0 fully saturated rings. The number of aromatic nitrogens is 2. The second kappa shape index (κ2) is 7.73. The molecule has 2 heterocycles. The average Bonchev–Trinajstić information content (AvgIpc) is 3.04. The summed E-state index contributed by atoms with van der Waals surface area (Å²) >= 11 is 2.61. The molecule has 1 atom stereocenters. The van der Waals surface area contributed by atoms with E-state index >= 15 is 0 Å². The zero-order valence-electron chi connectivity index (χ0n) is 15.6. The zero-order chi connectivity index (χ0) is 20.5. The Morgan fingerprint density at radius 2 is 2.00 bits per heavy atom. The number of thioether (sulfide) groups is 1. The van der Waals surface area contributed by atoms with E-state index in [1.54, 1.807) is 6.92 Å². The lowest BCUT2D eigenvalue weighted by Gasteiger charge is -2.15. The number of anilines is 3. The van der Waals surface area contributed by atoms with Crippen LogP contribution in [0.4, 0.5) is 16.6 Å². The highest BCUT2D eigenvalue weighted by molar-refractivity contribution is 8.00. The lowest BCUT2D eigenvalue weighted by atomic mass is 9.90. The zero-order valence-corrected chi connectivity index (χ0v) is 17.2. The maximum atomic E-state index is 12.8. The van der Waals surface area contributed by atoms with Crippen molar-refractivity contribution in [2.75, 3.05) is 16.8 Å². The maximum absolute atomic E-state index is 12.8. The number of nitrogens with one attached hydrogen (secondary N) is 1. The minimum absolute atomic E-state index is 0.233. The number of amides is 1. The Labute approximate surface area is 176 Å². The van der Waals surface area contributed by atoms with Crippen LogP contribution in [0.3, 0.4) is 0 Å². The minimum Gasteiger partial charge on any atom is -0.383 e. The van der Waals surface area contributed by atoms with Crippen molar-refractivity contribution >= 4 is 45.6 Å². The summed E-state index contributed by atoms with van der Waals surface area (Å²) in [4.78, 5) is 22.0. The highest BCUT2D eigenvalue weighted by Gasteiger charge is 2.26.